The molecule has 0 bridgehead atoms. The highest BCUT2D eigenvalue weighted by Crippen LogP contribution is 2.22. The van der Waals surface area contributed by atoms with E-state index in [0.29, 0.717) is 25.4 Å². The predicted molar refractivity (Wildman–Crippen MR) is 88.7 cm³/mol. The first-order chi connectivity index (χ1) is 11.9. The molecule has 0 aromatic carbocycles. The summed E-state index contributed by atoms with van der Waals surface area (Å²) in [7, 11) is 0. The van der Waals surface area contributed by atoms with Crippen molar-refractivity contribution in [2.75, 3.05) is 6.54 Å². The normalized spacial score (nSPS) is 13.8. The van der Waals surface area contributed by atoms with E-state index >= 15 is 0 Å². The van der Waals surface area contributed by atoms with Gasteiger partial charge in [-0.1, -0.05) is 13.8 Å². The summed E-state index contributed by atoms with van der Waals surface area (Å²) < 4.78 is 5.80. The van der Waals surface area contributed by atoms with E-state index in [1.54, 1.807) is 4.90 Å². The molecule has 2 amide bonds. The van der Waals surface area contributed by atoms with E-state index in [1.165, 1.54) is 12.4 Å². The van der Waals surface area contributed by atoms with E-state index in [2.05, 4.69) is 28.8 Å². The van der Waals surface area contributed by atoms with Crippen molar-refractivity contribution in [1.29, 1.82) is 0 Å². The third kappa shape index (κ3) is 3.84. The molecule has 3 rings (SSSR count). The molecule has 0 saturated carbocycles. The standard InChI is InChI=1S/C17H21N5O3/c1-10(2)3-4-15-21-13-9-22(6-5-14(13)25-15)17(24)12-8-19-11(7-20-12)16(18)23/h7-8,10H,3-6,9H2,1-2H3,(H2,18,23). The lowest BCUT2D eigenvalue weighted by molar-refractivity contribution is 0.0720. The van der Waals surface area contributed by atoms with Crippen molar-refractivity contribution < 1.29 is 14.0 Å². The van der Waals surface area contributed by atoms with E-state index in [-0.39, 0.29) is 17.3 Å². The second-order valence-corrected chi connectivity index (χ2v) is 6.54. The molecule has 0 atom stereocenters. The van der Waals surface area contributed by atoms with Gasteiger partial charge in [0.1, 0.15) is 22.8 Å². The van der Waals surface area contributed by atoms with Gasteiger partial charge in [-0.3, -0.25) is 9.59 Å². The lowest BCUT2D eigenvalue weighted by Gasteiger charge is -2.24. The molecule has 0 unspecified atom stereocenters. The maximum absolute atomic E-state index is 12.6. The third-order valence-electron chi connectivity index (χ3n) is 4.12. The summed E-state index contributed by atoms with van der Waals surface area (Å²) in [6.45, 7) is 5.24. The SMILES string of the molecule is CC(C)CCc1nc2c(o1)CCN(C(=O)c1cnc(C(N)=O)cn1)C2. The molecule has 1 aliphatic rings. The molecule has 2 aromatic rings. The van der Waals surface area contributed by atoms with Crippen molar-refractivity contribution in [3.05, 3.63) is 41.1 Å². The van der Waals surface area contributed by atoms with E-state index in [4.69, 9.17) is 10.2 Å². The first kappa shape index (κ1) is 17.1. The summed E-state index contributed by atoms with van der Waals surface area (Å²) >= 11 is 0. The number of nitrogens with zero attached hydrogens (tertiary/aromatic N) is 4. The molecule has 0 fully saturated rings. The molecule has 2 aromatic heterocycles. The Kier molecular flexibility index (Phi) is 4.78. The number of aromatic nitrogens is 3. The molecule has 8 heteroatoms. The highest BCUT2D eigenvalue weighted by Gasteiger charge is 2.27. The lowest BCUT2D eigenvalue weighted by atomic mass is 10.1. The Bertz CT molecular complexity index is 782. The summed E-state index contributed by atoms with van der Waals surface area (Å²) in [6, 6.07) is 0. The fourth-order valence-electron chi connectivity index (χ4n) is 2.67. The summed E-state index contributed by atoms with van der Waals surface area (Å²) in [5.41, 5.74) is 6.14. The van der Waals surface area contributed by atoms with Crippen LogP contribution in [0.4, 0.5) is 0 Å². The van der Waals surface area contributed by atoms with E-state index in [0.717, 1.165) is 30.2 Å². The Balaban J connectivity index is 1.69. The van der Waals surface area contributed by atoms with Crippen molar-refractivity contribution in [1.82, 2.24) is 19.9 Å². The Morgan fingerprint density at radius 2 is 2.00 bits per heavy atom. The highest BCUT2D eigenvalue weighted by molar-refractivity contribution is 5.93. The summed E-state index contributed by atoms with van der Waals surface area (Å²) in [6.07, 6.45) is 4.94. The Hall–Kier alpha value is -2.77. The van der Waals surface area contributed by atoms with Crippen LogP contribution in [0.3, 0.4) is 0 Å². The number of nitrogens with two attached hydrogens (primary N) is 1. The van der Waals surface area contributed by atoms with Crippen LogP contribution < -0.4 is 5.73 Å². The monoisotopic (exact) mass is 343 g/mol. The first-order valence-electron chi connectivity index (χ1n) is 8.32. The highest BCUT2D eigenvalue weighted by atomic mass is 16.4. The number of primary amides is 1. The van der Waals surface area contributed by atoms with Crippen LogP contribution in [0.15, 0.2) is 16.8 Å². The van der Waals surface area contributed by atoms with Crippen molar-refractivity contribution in [3.63, 3.8) is 0 Å². The van der Waals surface area contributed by atoms with Gasteiger partial charge in [-0.25, -0.2) is 15.0 Å². The van der Waals surface area contributed by atoms with Gasteiger partial charge in [0, 0.05) is 19.4 Å². The van der Waals surface area contributed by atoms with Crippen LogP contribution in [-0.4, -0.2) is 38.2 Å². The maximum atomic E-state index is 12.6. The minimum Gasteiger partial charge on any atom is -0.445 e. The third-order valence-corrected chi connectivity index (χ3v) is 4.12. The lowest BCUT2D eigenvalue weighted by Crippen LogP contribution is -2.36. The molecular formula is C17H21N5O3. The largest absolute Gasteiger partial charge is 0.445 e. The molecule has 1 aliphatic heterocycles. The van der Waals surface area contributed by atoms with Gasteiger partial charge in [0.25, 0.3) is 11.8 Å². The summed E-state index contributed by atoms with van der Waals surface area (Å²) in [4.78, 5) is 37.6. The molecular weight excluding hydrogens is 322 g/mol. The van der Waals surface area contributed by atoms with Gasteiger partial charge in [-0.15, -0.1) is 0 Å². The summed E-state index contributed by atoms with van der Waals surface area (Å²) in [5, 5.41) is 0. The molecule has 0 spiro atoms. The minimum absolute atomic E-state index is 0.0313. The number of hydrogen-bond donors (Lipinski definition) is 1. The van der Waals surface area contributed by atoms with Crippen LogP contribution in [-0.2, 0) is 19.4 Å². The van der Waals surface area contributed by atoms with Crippen LogP contribution in [0, 0.1) is 5.92 Å². The predicted octanol–water partition coefficient (Wildman–Crippen LogP) is 1.35. The van der Waals surface area contributed by atoms with Gasteiger partial charge in [0.05, 0.1) is 18.9 Å². The average molecular weight is 343 g/mol. The van der Waals surface area contributed by atoms with Crippen LogP contribution in [0.1, 0.15) is 58.6 Å². The van der Waals surface area contributed by atoms with Gasteiger partial charge in [-0.05, 0) is 12.3 Å². The Morgan fingerprint density at radius 1 is 1.28 bits per heavy atom. The van der Waals surface area contributed by atoms with Gasteiger partial charge in [0.15, 0.2) is 5.89 Å². The van der Waals surface area contributed by atoms with Crippen LogP contribution >= 0.6 is 0 Å². The number of fused-ring (bicyclic) bond motifs is 1. The van der Waals surface area contributed by atoms with Crippen LogP contribution in [0.2, 0.25) is 0 Å². The fourth-order valence-corrected chi connectivity index (χ4v) is 2.67. The first-order valence-corrected chi connectivity index (χ1v) is 8.32. The van der Waals surface area contributed by atoms with E-state index in [1.807, 2.05) is 0 Å². The molecule has 25 heavy (non-hydrogen) atoms. The number of amides is 2. The van der Waals surface area contributed by atoms with Crippen molar-refractivity contribution >= 4 is 11.8 Å². The molecule has 0 aliphatic carbocycles. The molecule has 0 radical (unpaired) electrons. The molecule has 3 heterocycles. The second kappa shape index (κ2) is 7.00. The van der Waals surface area contributed by atoms with Crippen molar-refractivity contribution in [3.8, 4) is 0 Å². The quantitative estimate of drug-likeness (QED) is 0.876. The number of rotatable bonds is 5. The second-order valence-electron chi connectivity index (χ2n) is 6.54. The average Bonchev–Trinajstić information content (AvgIpc) is 3.01. The zero-order chi connectivity index (χ0) is 18.0. The molecule has 2 N–H and O–H groups in total. The molecule has 0 saturated heterocycles. The number of aryl methyl sites for hydroxylation is 1. The number of carbonyl (C=O) groups excluding carboxylic acids is 2. The van der Waals surface area contributed by atoms with Crippen molar-refractivity contribution in [2.45, 2.75) is 39.7 Å². The van der Waals surface area contributed by atoms with Crippen molar-refractivity contribution in [2.24, 2.45) is 11.7 Å². The number of oxazole rings is 1. The Labute approximate surface area is 145 Å². The maximum Gasteiger partial charge on any atom is 0.274 e. The zero-order valence-corrected chi connectivity index (χ0v) is 14.4. The van der Waals surface area contributed by atoms with Gasteiger partial charge >= 0.3 is 0 Å². The molecule has 132 valence electrons. The van der Waals surface area contributed by atoms with Gasteiger partial charge < -0.3 is 15.1 Å². The smallest absolute Gasteiger partial charge is 0.274 e. The Morgan fingerprint density at radius 3 is 2.64 bits per heavy atom. The van der Waals surface area contributed by atoms with Crippen LogP contribution in [0.25, 0.3) is 0 Å². The topological polar surface area (TPSA) is 115 Å². The fraction of sp³-hybridized carbons (Fsp3) is 0.471. The minimum atomic E-state index is -0.675. The van der Waals surface area contributed by atoms with Crippen LogP contribution in [0.5, 0.6) is 0 Å². The van der Waals surface area contributed by atoms with E-state index in [9.17, 15) is 9.59 Å². The van der Waals surface area contributed by atoms with E-state index < -0.39 is 5.91 Å². The van der Waals surface area contributed by atoms with Gasteiger partial charge in [-0.2, -0.15) is 0 Å². The summed E-state index contributed by atoms with van der Waals surface area (Å²) in [5.74, 6) is 1.26. The molecule has 8 nitrogen and oxygen atoms in total. The zero-order valence-electron chi connectivity index (χ0n) is 14.4. The number of carbonyl (C=O) groups is 2. The number of hydrogen-bond acceptors (Lipinski definition) is 6. The van der Waals surface area contributed by atoms with Gasteiger partial charge in [0.2, 0.25) is 0 Å².